The van der Waals surface area contributed by atoms with Crippen molar-refractivity contribution in [2.24, 2.45) is 5.10 Å². The third kappa shape index (κ3) is 4.48. The van der Waals surface area contributed by atoms with Crippen molar-refractivity contribution in [1.29, 1.82) is 5.26 Å². The predicted octanol–water partition coefficient (Wildman–Crippen LogP) is 3.89. The molecule has 0 unspecified atom stereocenters. The quantitative estimate of drug-likeness (QED) is 0.447. The van der Waals surface area contributed by atoms with Crippen molar-refractivity contribution in [2.75, 3.05) is 5.32 Å². The second-order valence-electron chi connectivity index (χ2n) is 5.85. The number of halogens is 2. The molecule has 9 heteroatoms. The summed E-state index contributed by atoms with van der Waals surface area (Å²) in [7, 11) is 0. The largest absolute Gasteiger partial charge is 0.329 e. The lowest BCUT2D eigenvalue weighted by Crippen LogP contribution is -2.32. The molecular formula is C18H14Cl2N4O2S. The molecule has 27 heavy (non-hydrogen) atoms. The van der Waals surface area contributed by atoms with Gasteiger partial charge in [-0.05, 0) is 43.4 Å². The lowest BCUT2D eigenvalue weighted by molar-refractivity contribution is -0.136. The Hall–Kier alpha value is -2.40. The van der Waals surface area contributed by atoms with E-state index in [4.69, 9.17) is 23.2 Å². The van der Waals surface area contributed by atoms with Crippen molar-refractivity contribution in [3.8, 4) is 6.07 Å². The van der Waals surface area contributed by atoms with Crippen LogP contribution >= 0.6 is 34.5 Å². The van der Waals surface area contributed by atoms with Gasteiger partial charge in [0.2, 0.25) is 0 Å². The number of carbonyl (C=O) groups excluding carboxylic acids is 2. The summed E-state index contributed by atoms with van der Waals surface area (Å²) in [5.74, 6) is -1.82. The molecule has 3 rings (SSSR count). The fourth-order valence-electron chi connectivity index (χ4n) is 2.75. The molecule has 0 spiro atoms. The molecule has 138 valence electrons. The van der Waals surface area contributed by atoms with Gasteiger partial charge in [-0.3, -0.25) is 9.59 Å². The lowest BCUT2D eigenvalue weighted by atomic mass is 9.96. The summed E-state index contributed by atoms with van der Waals surface area (Å²) in [6.07, 6.45) is 5.11. The zero-order chi connectivity index (χ0) is 19.4. The van der Waals surface area contributed by atoms with Gasteiger partial charge < -0.3 is 5.32 Å². The first kappa shape index (κ1) is 19.4. The number of thiophene rings is 1. The number of nitrogens with one attached hydrogen (secondary N) is 2. The number of hydrogen-bond acceptors (Lipinski definition) is 5. The molecule has 2 N–H and O–H groups in total. The van der Waals surface area contributed by atoms with Crippen LogP contribution in [0.15, 0.2) is 23.3 Å². The Labute approximate surface area is 169 Å². The van der Waals surface area contributed by atoms with E-state index in [2.05, 4.69) is 21.9 Å². The third-order valence-corrected chi connectivity index (χ3v) is 5.82. The van der Waals surface area contributed by atoms with E-state index in [1.165, 1.54) is 17.6 Å². The highest BCUT2D eigenvalue weighted by Gasteiger charge is 2.23. The maximum atomic E-state index is 12.1. The highest BCUT2D eigenvalue weighted by atomic mass is 35.5. The molecule has 0 atom stereocenters. The first-order valence-electron chi connectivity index (χ1n) is 8.13. The minimum absolute atomic E-state index is 0.368. The Morgan fingerprint density at radius 3 is 2.74 bits per heavy atom. The number of nitrogens with zero attached hydrogens (tertiary/aromatic N) is 2. The maximum Gasteiger partial charge on any atom is 0.329 e. The molecule has 1 heterocycles. The second kappa shape index (κ2) is 8.53. The van der Waals surface area contributed by atoms with Crippen molar-refractivity contribution in [1.82, 2.24) is 5.43 Å². The fourth-order valence-corrected chi connectivity index (χ4v) is 4.44. The molecular weight excluding hydrogens is 407 g/mol. The van der Waals surface area contributed by atoms with Gasteiger partial charge in [0.1, 0.15) is 11.1 Å². The Morgan fingerprint density at radius 2 is 2.00 bits per heavy atom. The van der Waals surface area contributed by atoms with E-state index in [1.54, 1.807) is 18.2 Å². The Bertz CT molecular complexity index is 978. The number of hydrazone groups is 1. The van der Waals surface area contributed by atoms with Crippen LogP contribution in [0.3, 0.4) is 0 Å². The molecule has 2 amide bonds. The summed E-state index contributed by atoms with van der Waals surface area (Å²) in [4.78, 5) is 25.2. The third-order valence-electron chi connectivity index (χ3n) is 4.05. The molecule has 0 radical (unpaired) electrons. The van der Waals surface area contributed by atoms with Crippen LogP contribution in [0, 0.1) is 11.3 Å². The normalized spacial score (nSPS) is 13.1. The molecule has 0 bridgehead atoms. The summed E-state index contributed by atoms with van der Waals surface area (Å²) >= 11 is 13.2. The van der Waals surface area contributed by atoms with Crippen molar-refractivity contribution >= 4 is 57.6 Å². The summed E-state index contributed by atoms with van der Waals surface area (Å²) < 4.78 is 0. The fraction of sp³-hybridized carbons (Fsp3) is 0.222. The number of carbonyl (C=O) groups is 2. The van der Waals surface area contributed by atoms with Gasteiger partial charge in [-0.2, -0.15) is 10.4 Å². The predicted molar refractivity (Wildman–Crippen MR) is 107 cm³/mol. The van der Waals surface area contributed by atoms with Gasteiger partial charge in [0, 0.05) is 15.5 Å². The number of anilines is 1. The minimum Gasteiger partial charge on any atom is -0.308 e. The number of hydrogen-bond donors (Lipinski definition) is 2. The van der Waals surface area contributed by atoms with Gasteiger partial charge in [-0.15, -0.1) is 11.3 Å². The van der Waals surface area contributed by atoms with Crippen LogP contribution in [0.2, 0.25) is 10.0 Å². The smallest absolute Gasteiger partial charge is 0.308 e. The van der Waals surface area contributed by atoms with Crippen molar-refractivity contribution in [2.45, 2.75) is 25.7 Å². The van der Waals surface area contributed by atoms with Crippen molar-refractivity contribution < 1.29 is 9.59 Å². The van der Waals surface area contributed by atoms with Crippen LogP contribution in [-0.2, 0) is 22.4 Å². The van der Waals surface area contributed by atoms with Gasteiger partial charge in [0.15, 0.2) is 0 Å². The first-order chi connectivity index (χ1) is 13.0. The van der Waals surface area contributed by atoms with Crippen LogP contribution in [0.1, 0.15) is 34.4 Å². The molecule has 2 aromatic rings. The summed E-state index contributed by atoms with van der Waals surface area (Å²) in [6, 6.07) is 6.94. The lowest BCUT2D eigenvalue weighted by Gasteiger charge is -2.09. The summed E-state index contributed by atoms with van der Waals surface area (Å²) in [5, 5.41) is 16.9. The monoisotopic (exact) mass is 420 g/mol. The molecule has 0 saturated heterocycles. The molecule has 1 aromatic carbocycles. The molecule has 1 aliphatic rings. The molecule has 6 nitrogen and oxygen atoms in total. The molecule has 0 saturated carbocycles. The minimum atomic E-state index is -0.938. The van der Waals surface area contributed by atoms with Crippen LogP contribution in [0.25, 0.3) is 0 Å². The average Bonchev–Trinajstić information content (AvgIpc) is 3.00. The highest BCUT2D eigenvalue weighted by Crippen LogP contribution is 2.37. The second-order valence-corrected chi connectivity index (χ2v) is 7.79. The average molecular weight is 421 g/mol. The van der Waals surface area contributed by atoms with Crippen LogP contribution in [0.5, 0.6) is 0 Å². The standard InChI is InChI=1S/C18H14Cl2N4O2S/c19-11-6-5-10(14(20)7-11)9-22-24-17(26)16(25)23-18-13(8-21)12-3-1-2-4-15(12)27-18/h5-7,9H,1-4H2,(H,23,25)(H,24,26)/b22-9-. The number of fused-ring (bicyclic) bond motifs is 1. The van der Waals surface area contributed by atoms with Gasteiger partial charge in [-0.25, -0.2) is 5.43 Å². The van der Waals surface area contributed by atoms with Gasteiger partial charge in [0.05, 0.1) is 16.8 Å². The first-order valence-corrected chi connectivity index (χ1v) is 9.71. The van der Waals surface area contributed by atoms with E-state index < -0.39 is 11.8 Å². The van der Waals surface area contributed by atoms with E-state index in [-0.39, 0.29) is 0 Å². The number of nitriles is 1. The Morgan fingerprint density at radius 1 is 1.22 bits per heavy atom. The van der Waals surface area contributed by atoms with E-state index in [1.807, 2.05) is 0 Å². The van der Waals surface area contributed by atoms with Gasteiger partial charge in [-0.1, -0.05) is 29.3 Å². The van der Waals surface area contributed by atoms with Crippen LogP contribution in [-0.4, -0.2) is 18.0 Å². The SMILES string of the molecule is N#Cc1c(NC(=O)C(=O)N/N=C\c2ccc(Cl)cc2Cl)sc2c1CCCC2. The molecule has 0 aliphatic heterocycles. The van der Waals surface area contributed by atoms with Gasteiger partial charge in [0.25, 0.3) is 0 Å². The number of rotatable bonds is 3. The summed E-state index contributed by atoms with van der Waals surface area (Å²) in [6.45, 7) is 0. The van der Waals surface area contributed by atoms with E-state index in [0.29, 0.717) is 26.2 Å². The molecule has 1 aliphatic carbocycles. The molecule has 1 aromatic heterocycles. The molecule has 0 fully saturated rings. The van der Waals surface area contributed by atoms with E-state index in [0.717, 1.165) is 36.1 Å². The number of aryl methyl sites for hydroxylation is 1. The topological polar surface area (TPSA) is 94.4 Å². The van der Waals surface area contributed by atoms with Crippen LogP contribution in [0.4, 0.5) is 5.00 Å². The maximum absolute atomic E-state index is 12.1. The van der Waals surface area contributed by atoms with Crippen molar-refractivity contribution in [3.05, 3.63) is 49.8 Å². The highest BCUT2D eigenvalue weighted by molar-refractivity contribution is 7.16. The zero-order valence-electron chi connectivity index (χ0n) is 14.0. The zero-order valence-corrected chi connectivity index (χ0v) is 16.3. The Balaban J connectivity index is 1.65. The number of amides is 2. The number of benzene rings is 1. The van der Waals surface area contributed by atoms with Gasteiger partial charge >= 0.3 is 11.8 Å². The van der Waals surface area contributed by atoms with Crippen molar-refractivity contribution in [3.63, 3.8) is 0 Å². The Kier molecular flexibility index (Phi) is 6.11. The summed E-state index contributed by atoms with van der Waals surface area (Å²) in [5.41, 5.74) is 4.12. The van der Waals surface area contributed by atoms with E-state index >= 15 is 0 Å². The van der Waals surface area contributed by atoms with E-state index in [9.17, 15) is 14.9 Å². The van der Waals surface area contributed by atoms with Crippen LogP contribution < -0.4 is 10.7 Å².